The third kappa shape index (κ3) is 3.19. The van der Waals surface area contributed by atoms with E-state index in [-0.39, 0.29) is 29.6 Å². The van der Waals surface area contributed by atoms with Gasteiger partial charge in [-0.3, -0.25) is 4.90 Å². The highest BCUT2D eigenvalue weighted by Crippen LogP contribution is 2.37. The Kier molecular flexibility index (Phi) is 4.19. The molecule has 1 aliphatic carbocycles. The van der Waals surface area contributed by atoms with E-state index in [1.165, 1.54) is 17.7 Å². The highest BCUT2D eigenvalue weighted by Gasteiger charge is 2.41. The van der Waals surface area contributed by atoms with Crippen LogP contribution in [0.25, 0.3) is 0 Å². The molecule has 1 fully saturated rings. The zero-order chi connectivity index (χ0) is 18.3. The molecule has 1 atom stereocenters. The SMILES string of the molecule is CC1(N)CC(OC(=O)N2CCc3ccccc3[C@@H]2c2ccc(F)cc2)C1. The highest BCUT2D eigenvalue weighted by molar-refractivity contribution is 5.70. The first-order valence-electron chi connectivity index (χ1n) is 9.02. The van der Waals surface area contributed by atoms with Gasteiger partial charge in [0.1, 0.15) is 11.9 Å². The Bertz CT molecular complexity index is 811. The number of rotatable bonds is 2. The number of halogens is 1. The first-order valence-corrected chi connectivity index (χ1v) is 9.02. The van der Waals surface area contributed by atoms with Gasteiger partial charge >= 0.3 is 6.09 Å². The average molecular weight is 354 g/mol. The fraction of sp³-hybridized carbons (Fsp3) is 0.381. The van der Waals surface area contributed by atoms with Crippen molar-refractivity contribution in [3.63, 3.8) is 0 Å². The quantitative estimate of drug-likeness (QED) is 0.893. The molecule has 0 spiro atoms. The van der Waals surface area contributed by atoms with Gasteiger partial charge in [0.2, 0.25) is 0 Å². The zero-order valence-corrected chi connectivity index (χ0v) is 14.8. The number of fused-ring (bicyclic) bond motifs is 1. The summed E-state index contributed by atoms with van der Waals surface area (Å²) in [6, 6.07) is 14.2. The first kappa shape index (κ1) is 17.0. The number of ether oxygens (including phenoxy) is 1. The maximum Gasteiger partial charge on any atom is 0.410 e. The summed E-state index contributed by atoms with van der Waals surface area (Å²) in [6.07, 6.45) is 1.70. The van der Waals surface area contributed by atoms with Crippen LogP contribution >= 0.6 is 0 Å². The number of hydrogen-bond acceptors (Lipinski definition) is 3. The number of nitrogens with zero attached hydrogens (tertiary/aromatic N) is 1. The lowest BCUT2D eigenvalue weighted by Crippen LogP contribution is -2.54. The molecule has 1 saturated carbocycles. The monoisotopic (exact) mass is 354 g/mol. The normalized spacial score (nSPS) is 27.4. The average Bonchev–Trinajstić information content (AvgIpc) is 2.60. The van der Waals surface area contributed by atoms with Gasteiger partial charge in [0.15, 0.2) is 0 Å². The van der Waals surface area contributed by atoms with Crippen molar-refractivity contribution in [3.8, 4) is 0 Å². The van der Waals surface area contributed by atoms with Gasteiger partial charge in [-0.15, -0.1) is 0 Å². The summed E-state index contributed by atoms with van der Waals surface area (Å²) in [4.78, 5) is 14.6. The van der Waals surface area contributed by atoms with Crippen molar-refractivity contribution < 1.29 is 13.9 Å². The Labute approximate surface area is 152 Å². The van der Waals surface area contributed by atoms with Crippen molar-refractivity contribution in [2.24, 2.45) is 5.73 Å². The molecule has 0 unspecified atom stereocenters. The molecule has 5 heteroatoms. The van der Waals surface area contributed by atoms with E-state index in [1.807, 2.05) is 25.1 Å². The largest absolute Gasteiger partial charge is 0.446 e. The molecule has 136 valence electrons. The maximum absolute atomic E-state index is 13.4. The Hall–Kier alpha value is -2.40. The summed E-state index contributed by atoms with van der Waals surface area (Å²) in [5.41, 5.74) is 8.94. The summed E-state index contributed by atoms with van der Waals surface area (Å²) in [6.45, 7) is 2.54. The van der Waals surface area contributed by atoms with E-state index in [0.717, 1.165) is 17.5 Å². The number of nitrogens with two attached hydrogens (primary N) is 1. The highest BCUT2D eigenvalue weighted by atomic mass is 19.1. The van der Waals surface area contributed by atoms with Gasteiger partial charge in [0.05, 0.1) is 6.04 Å². The number of hydrogen-bond donors (Lipinski definition) is 1. The predicted molar refractivity (Wildman–Crippen MR) is 97.2 cm³/mol. The molecular weight excluding hydrogens is 331 g/mol. The minimum atomic E-state index is -0.325. The fourth-order valence-corrected chi connectivity index (χ4v) is 4.04. The molecule has 2 aromatic carbocycles. The van der Waals surface area contributed by atoms with Gasteiger partial charge in [0.25, 0.3) is 0 Å². The molecule has 4 rings (SSSR count). The van der Waals surface area contributed by atoms with Crippen LogP contribution in [-0.4, -0.2) is 29.2 Å². The molecule has 1 heterocycles. The van der Waals surface area contributed by atoms with E-state index in [0.29, 0.717) is 19.4 Å². The van der Waals surface area contributed by atoms with Crippen LogP contribution in [0.4, 0.5) is 9.18 Å². The van der Waals surface area contributed by atoms with Crippen LogP contribution in [0.15, 0.2) is 48.5 Å². The van der Waals surface area contributed by atoms with Crippen LogP contribution < -0.4 is 5.73 Å². The predicted octanol–water partition coefficient (Wildman–Crippen LogP) is 3.79. The third-order valence-corrected chi connectivity index (χ3v) is 5.36. The van der Waals surface area contributed by atoms with Gasteiger partial charge in [-0.2, -0.15) is 0 Å². The third-order valence-electron chi connectivity index (χ3n) is 5.36. The summed E-state index contributed by atoms with van der Waals surface area (Å²) in [7, 11) is 0. The minimum absolute atomic E-state index is 0.122. The molecule has 0 aromatic heterocycles. The van der Waals surface area contributed by atoms with Crippen LogP contribution in [0.5, 0.6) is 0 Å². The van der Waals surface area contributed by atoms with E-state index < -0.39 is 0 Å². The number of amides is 1. The van der Waals surface area contributed by atoms with Gasteiger partial charge in [-0.1, -0.05) is 36.4 Å². The molecule has 1 aliphatic heterocycles. The van der Waals surface area contributed by atoms with Gasteiger partial charge in [-0.25, -0.2) is 9.18 Å². The Balaban J connectivity index is 1.62. The summed E-state index contributed by atoms with van der Waals surface area (Å²) in [5.74, 6) is -0.288. The molecular formula is C21H23FN2O2. The van der Waals surface area contributed by atoms with Crippen LogP contribution in [0.2, 0.25) is 0 Å². The molecule has 26 heavy (non-hydrogen) atoms. The van der Waals surface area contributed by atoms with Crippen molar-refractivity contribution in [1.82, 2.24) is 4.90 Å². The van der Waals surface area contributed by atoms with Crippen molar-refractivity contribution in [2.45, 2.75) is 43.9 Å². The van der Waals surface area contributed by atoms with Crippen molar-refractivity contribution in [1.29, 1.82) is 0 Å². The van der Waals surface area contributed by atoms with Crippen LogP contribution in [0.3, 0.4) is 0 Å². The molecule has 2 aliphatic rings. The number of benzene rings is 2. The lowest BCUT2D eigenvalue weighted by molar-refractivity contribution is -0.0123. The second-order valence-electron chi connectivity index (χ2n) is 7.66. The van der Waals surface area contributed by atoms with Crippen molar-refractivity contribution in [3.05, 3.63) is 71.0 Å². The summed E-state index contributed by atoms with van der Waals surface area (Å²) >= 11 is 0. The molecule has 0 saturated heterocycles. The molecule has 4 nitrogen and oxygen atoms in total. The van der Waals surface area contributed by atoms with Crippen LogP contribution in [0.1, 0.15) is 42.5 Å². The van der Waals surface area contributed by atoms with Crippen LogP contribution in [0, 0.1) is 5.82 Å². The molecule has 2 N–H and O–H groups in total. The van der Waals surface area contributed by atoms with Crippen molar-refractivity contribution in [2.75, 3.05) is 6.54 Å². The van der Waals surface area contributed by atoms with Crippen molar-refractivity contribution >= 4 is 6.09 Å². The summed E-state index contributed by atoms with van der Waals surface area (Å²) in [5, 5.41) is 0. The first-order chi connectivity index (χ1) is 12.4. The minimum Gasteiger partial charge on any atom is -0.446 e. The van der Waals surface area contributed by atoms with E-state index in [1.54, 1.807) is 17.0 Å². The van der Waals surface area contributed by atoms with Gasteiger partial charge in [-0.05, 0) is 42.2 Å². The fourth-order valence-electron chi connectivity index (χ4n) is 4.04. The molecule has 1 amide bonds. The van der Waals surface area contributed by atoms with Gasteiger partial charge < -0.3 is 10.5 Å². The van der Waals surface area contributed by atoms with E-state index in [4.69, 9.17) is 10.5 Å². The van der Waals surface area contributed by atoms with Gasteiger partial charge in [0, 0.05) is 24.9 Å². The standard InChI is InChI=1S/C21H23FN2O2/c1-21(23)12-17(13-21)26-20(25)24-11-10-14-4-2-3-5-18(14)19(24)15-6-8-16(22)9-7-15/h2-9,17,19H,10-13,23H2,1H3/t17?,19-,21?/m0/s1. The Morgan fingerprint density at radius 2 is 1.88 bits per heavy atom. The zero-order valence-electron chi connectivity index (χ0n) is 14.8. The topological polar surface area (TPSA) is 55.6 Å². The maximum atomic E-state index is 13.4. The lowest BCUT2D eigenvalue weighted by Gasteiger charge is -2.43. The number of carbonyl (C=O) groups excluding carboxylic acids is 1. The van der Waals surface area contributed by atoms with E-state index in [9.17, 15) is 9.18 Å². The Morgan fingerprint density at radius 3 is 2.58 bits per heavy atom. The van der Waals surface area contributed by atoms with E-state index in [2.05, 4.69) is 6.07 Å². The molecule has 0 bridgehead atoms. The smallest absolute Gasteiger partial charge is 0.410 e. The Morgan fingerprint density at radius 1 is 1.19 bits per heavy atom. The number of carbonyl (C=O) groups is 1. The molecule has 2 aromatic rings. The second-order valence-corrected chi connectivity index (χ2v) is 7.66. The van der Waals surface area contributed by atoms with Crippen LogP contribution in [-0.2, 0) is 11.2 Å². The second kappa shape index (κ2) is 6.40. The van der Waals surface area contributed by atoms with E-state index >= 15 is 0 Å². The lowest BCUT2D eigenvalue weighted by atomic mass is 9.77. The molecule has 0 radical (unpaired) electrons. The summed E-state index contributed by atoms with van der Waals surface area (Å²) < 4.78 is 19.1.